The van der Waals surface area contributed by atoms with E-state index in [2.05, 4.69) is 20.2 Å². The smallest absolute Gasteiger partial charge is 0.316 e. The number of hydrogen-bond donors (Lipinski definition) is 0. The lowest BCUT2D eigenvalue weighted by Gasteiger charge is -2.09. The highest BCUT2D eigenvalue weighted by Gasteiger charge is 2.17. The van der Waals surface area contributed by atoms with Crippen molar-refractivity contribution < 1.29 is 19.1 Å². The maximum atomic E-state index is 11.8. The minimum Gasteiger partial charge on any atom is -0.465 e. The van der Waals surface area contributed by atoms with Crippen molar-refractivity contribution in [2.75, 3.05) is 24.7 Å². The molecule has 0 fully saturated rings. The topological polar surface area (TPSA) is 104 Å². The first-order chi connectivity index (χ1) is 14.0. The van der Waals surface area contributed by atoms with Crippen molar-refractivity contribution in [2.45, 2.75) is 31.0 Å². The monoisotopic (exact) mass is 432 g/mol. The second kappa shape index (κ2) is 9.84. The van der Waals surface area contributed by atoms with E-state index in [1.807, 2.05) is 25.1 Å². The zero-order chi connectivity index (χ0) is 20.8. The van der Waals surface area contributed by atoms with E-state index < -0.39 is 0 Å². The summed E-state index contributed by atoms with van der Waals surface area (Å²) in [4.78, 5) is 32.6. The van der Waals surface area contributed by atoms with E-state index in [4.69, 9.17) is 9.47 Å². The lowest BCUT2D eigenvalue weighted by molar-refractivity contribution is -0.140. The van der Waals surface area contributed by atoms with E-state index >= 15 is 0 Å². The number of thioether (sulfide) groups is 2. The molecule has 0 aliphatic carbocycles. The molecule has 10 heteroatoms. The number of esters is 2. The van der Waals surface area contributed by atoms with Gasteiger partial charge in [0.15, 0.2) is 5.16 Å². The summed E-state index contributed by atoms with van der Waals surface area (Å²) in [7, 11) is 0. The van der Waals surface area contributed by atoms with Crippen LogP contribution in [0.1, 0.15) is 19.4 Å². The SMILES string of the molecule is CCOC(=O)CSc1nc(SCC(=O)OCC)c2nnc3ccc(C)cc3c2n1. The molecule has 0 amide bonds. The molecule has 0 bridgehead atoms. The summed E-state index contributed by atoms with van der Waals surface area (Å²) in [5.74, 6) is -0.489. The maximum absolute atomic E-state index is 11.8. The number of benzene rings is 1. The Kier molecular flexibility index (Phi) is 7.21. The van der Waals surface area contributed by atoms with Crippen molar-refractivity contribution in [3.8, 4) is 0 Å². The van der Waals surface area contributed by atoms with Gasteiger partial charge in [-0.2, -0.15) is 0 Å². The minimum atomic E-state index is -0.338. The molecule has 0 unspecified atom stereocenters. The van der Waals surface area contributed by atoms with Crippen LogP contribution in [0.5, 0.6) is 0 Å². The Morgan fingerprint density at radius 1 is 0.931 bits per heavy atom. The van der Waals surface area contributed by atoms with Gasteiger partial charge in [-0.3, -0.25) is 9.59 Å². The average molecular weight is 433 g/mol. The van der Waals surface area contributed by atoms with Gasteiger partial charge in [0.2, 0.25) is 0 Å². The van der Waals surface area contributed by atoms with E-state index in [0.29, 0.717) is 39.9 Å². The number of aryl methyl sites for hydroxylation is 1. The molecule has 3 rings (SSSR count). The predicted octanol–water partition coefficient (Wildman–Crippen LogP) is 3.19. The highest BCUT2D eigenvalue weighted by molar-refractivity contribution is 8.00. The number of hydrogen-bond acceptors (Lipinski definition) is 10. The average Bonchev–Trinajstić information content (AvgIpc) is 2.70. The molecule has 0 atom stereocenters. The van der Waals surface area contributed by atoms with Crippen molar-refractivity contribution in [1.82, 2.24) is 20.2 Å². The fraction of sp³-hybridized carbons (Fsp3) is 0.368. The van der Waals surface area contributed by atoms with Crippen molar-refractivity contribution in [3.05, 3.63) is 23.8 Å². The van der Waals surface area contributed by atoms with Crippen LogP contribution in [0.15, 0.2) is 28.4 Å². The van der Waals surface area contributed by atoms with Crippen LogP contribution in [0.25, 0.3) is 21.9 Å². The molecule has 2 heterocycles. The molecule has 0 N–H and O–H groups in total. The first-order valence-corrected chi connectivity index (χ1v) is 11.0. The number of carbonyl (C=O) groups is 2. The van der Waals surface area contributed by atoms with E-state index in [9.17, 15) is 9.59 Å². The number of ether oxygens (including phenoxy) is 2. The number of fused-ring (bicyclic) bond motifs is 3. The Bertz CT molecular complexity index is 1060. The number of nitrogens with zero attached hydrogens (tertiary/aromatic N) is 4. The minimum absolute atomic E-state index is 0.0927. The van der Waals surface area contributed by atoms with Gasteiger partial charge in [-0.1, -0.05) is 35.2 Å². The Balaban J connectivity index is 2.03. The normalized spacial score (nSPS) is 11.0. The van der Waals surface area contributed by atoms with Crippen LogP contribution in [0.4, 0.5) is 0 Å². The van der Waals surface area contributed by atoms with Crippen molar-refractivity contribution in [3.63, 3.8) is 0 Å². The highest BCUT2D eigenvalue weighted by atomic mass is 32.2. The second-order valence-electron chi connectivity index (χ2n) is 5.92. The van der Waals surface area contributed by atoms with Crippen LogP contribution in [-0.2, 0) is 19.1 Å². The molecule has 1 aromatic carbocycles. The molecule has 2 aromatic heterocycles. The van der Waals surface area contributed by atoms with Gasteiger partial charge >= 0.3 is 11.9 Å². The highest BCUT2D eigenvalue weighted by Crippen LogP contribution is 2.30. The molecular weight excluding hydrogens is 412 g/mol. The summed E-state index contributed by atoms with van der Waals surface area (Å²) in [5, 5.41) is 10.3. The second-order valence-corrected chi connectivity index (χ2v) is 7.82. The van der Waals surface area contributed by atoms with Gasteiger partial charge in [-0.05, 0) is 32.9 Å². The fourth-order valence-electron chi connectivity index (χ4n) is 2.54. The first-order valence-electron chi connectivity index (χ1n) is 9.03. The Hall–Kier alpha value is -2.46. The molecule has 0 aliphatic heterocycles. The van der Waals surface area contributed by atoms with Crippen LogP contribution < -0.4 is 0 Å². The molecule has 0 spiro atoms. The number of carbonyl (C=O) groups excluding carboxylic acids is 2. The standard InChI is InChI=1S/C19H20N4O4S2/c1-4-26-14(24)9-28-18-17-16(12-8-11(3)6-7-13(12)22-23-17)20-19(21-18)29-10-15(25)27-5-2/h6-8H,4-5,9-10H2,1-3H3. The molecule has 8 nitrogen and oxygen atoms in total. The lowest BCUT2D eigenvalue weighted by Crippen LogP contribution is -2.08. The van der Waals surface area contributed by atoms with Gasteiger partial charge in [0, 0.05) is 5.39 Å². The molecule has 3 aromatic rings. The Morgan fingerprint density at radius 3 is 2.31 bits per heavy atom. The zero-order valence-electron chi connectivity index (χ0n) is 16.3. The van der Waals surface area contributed by atoms with Gasteiger partial charge in [0.25, 0.3) is 0 Å². The third-order valence-corrected chi connectivity index (χ3v) is 5.51. The predicted molar refractivity (Wildman–Crippen MR) is 112 cm³/mol. The zero-order valence-corrected chi connectivity index (χ0v) is 17.9. The maximum Gasteiger partial charge on any atom is 0.316 e. The summed E-state index contributed by atoms with van der Waals surface area (Å²) in [6.45, 7) is 6.13. The number of aromatic nitrogens is 4. The van der Waals surface area contributed by atoms with Crippen LogP contribution in [0, 0.1) is 6.92 Å². The molecule has 152 valence electrons. The Labute approximate surface area is 176 Å². The molecular formula is C19H20N4O4S2. The van der Waals surface area contributed by atoms with Gasteiger partial charge < -0.3 is 9.47 Å². The quantitative estimate of drug-likeness (QED) is 0.173. The van der Waals surface area contributed by atoms with E-state index in [1.54, 1.807) is 13.8 Å². The summed E-state index contributed by atoms with van der Waals surface area (Å²) >= 11 is 2.39. The van der Waals surface area contributed by atoms with Crippen LogP contribution in [-0.4, -0.2) is 56.8 Å². The third kappa shape index (κ3) is 5.33. The first kappa shape index (κ1) is 21.3. The third-order valence-electron chi connectivity index (χ3n) is 3.75. The number of rotatable bonds is 8. The van der Waals surface area contributed by atoms with Crippen molar-refractivity contribution in [2.24, 2.45) is 0 Å². The van der Waals surface area contributed by atoms with Gasteiger partial charge in [-0.15, -0.1) is 10.2 Å². The molecule has 0 saturated carbocycles. The van der Waals surface area contributed by atoms with Gasteiger partial charge in [-0.25, -0.2) is 9.97 Å². The summed E-state index contributed by atoms with van der Waals surface area (Å²) in [5.41, 5.74) is 2.92. The van der Waals surface area contributed by atoms with Gasteiger partial charge in [0.05, 0.1) is 30.2 Å². The van der Waals surface area contributed by atoms with Crippen molar-refractivity contribution in [1.29, 1.82) is 0 Å². The largest absolute Gasteiger partial charge is 0.465 e. The molecule has 0 radical (unpaired) electrons. The summed E-state index contributed by atoms with van der Waals surface area (Å²) in [6.07, 6.45) is 0. The summed E-state index contributed by atoms with van der Waals surface area (Å²) in [6, 6.07) is 5.83. The molecule has 29 heavy (non-hydrogen) atoms. The van der Waals surface area contributed by atoms with Gasteiger partial charge in [0.1, 0.15) is 16.1 Å². The summed E-state index contributed by atoms with van der Waals surface area (Å²) < 4.78 is 9.96. The van der Waals surface area contributed by atoms with E-state index in [0.717, 1.165) is 10.9 Å². The fourth-order valence-corrected chi connectivity index (χ4v) is 4.01. The Morgan fingerprint density at radius 2 is 1.62 bits per heavy atom. The van der Waals surface area contributed by atoms with Crippen LogP contribution >= 0.6 is 23.5 Å². The molecule has 0 saturated heterocycles. The lowest BCUT2D eigenvalue weighted by atomic mass is 10.1. The molecule has 0 aliphatic rings. The van der Waals surface area contributed by atoms with E-state index in [1.165, 1.54) is 23.5 Å². The van der Waals surface area contributed by atoms with Crippen LogP contribution in [0.2, 0.25) is 0 Å². The van der Waals surface area contributed by atoms with Crippen LogP contribution in [0.3, 0.4) is 0 Å². The van der Waals surface area contributed by atoms with Crippen molar-refractivity contribution >= 4 is 57.4 Å². The van der Waals surface area contributed by atoms with E-state index in [-0.39, 0.29) is 23.4 Å².